The Balaban J connectivity index is 2.77. The number of hydrogen-bond donors (Lipinski definition) is 0. The summed E-state index contributed by atoms with van der Waals surface area (Å²) in [5, 5.41) is 5.33. The fourth-order valence-corrected chi connectivity index (χ4v) is 1.24. The predicted octanol–water partition coefficient (Wildman–Crippen LogP) is 1.55. The maximum Gasteiger partial charge on any atom is 0.0924 e. The van der Waals surface area contributed by atoms with E-state index >= 15 is 0 Å². The van der Waals surface area contributed by atoms with Crippen LogP contribution in [0.25, 0.3) is 10.9 Å². The van der Waals surface area contributed by atoms with E-state index in [2.05, 4.69) is 11.0 Å². The van der Waals surface area contributed by atoms with Gasteiger partial charge in [-0.25, -0.2) is 0 Å². The summed E-state index contributed by atoms with van der Waals surface area (Å²) in [4.78, 5) is 0. The predicted molar refractivity (Wildman–Crippen MR) is 48.6 cm³/mol. The van der Waals surface area contributed by atoms with Crippen LogP contribution in [0.4, 0.5) is 0 Å². The van der Waals surface area contributed by atoms with Crippen molar-refractivity contribution in [1.82, 2.24) is 9.78 Å². The minimum Gasteiger partial charge on any atom is -0.275 e. The molecular formula is C10H8N2. The lowest BCUT2D eigenvalue weighted by Crippen LogP contribution is -1.84. The Morgan fingerprint density at radius 2 is 2.33 bits per heavy atom. The van der Waals surface area contributed by atoms with Gasteiger partial charge in [0.25, 0.3) is 0 Å². The molecule has 58 valence electrons. The number of benzene rings is 1. The van der Waals surface area contributed by atoms with Crippen LogP contribution < -0.4 is 0 Å². The first-order valence-electron chi connectivity index (χ1n) is 3.69. The molecule has 1 heterocycles. The number of fused-ring (bicyclic) bond motifs is 1. The van der Waals surface area contributed by atoms with Gasteiger partial charge in [0.2, 0.25) is 0 Å². The maximum absolute atomic E-state index is 5.27. The molecule has 2 aromatic rings. The van der Waals surface area contributed by atoms with Gasteiger partial charge in [0.15, 0.2) is 0 Å². The molecule has 0 saturated carbocycles. The number of terminal acetylenes is 1. The van der Waals surface area contributed by atoms with E-state index in [1.807, 2.05) is 31.4 Å². The lowest BCUT2D eigenvalue weighted by molar-refractivity contribution is 0.780. The van der Waals surface area contributed by atoms with Crippen LogP contribution in [0.1, 0.15) is 5.56 Å². The Morgan fingerprint density at radius 3 is 3.08 bits per heavy atom. The summed E-state index contributed by atoms with van der Waals surface area (Å²) in [5.41, 5.74) is 1.88. The van der Waals surface area contributed by atoms with Crippen molar-refractivity contribution in [2.24, 2.45) is 7.05 Å². The highest BCUT2D eigenvalue weighted by Crippen LogP contribution is 2.12. The van der Waals surface area contributed by atoms with Crippen LogP contribution in [0.2, 0.25) is 0 Å². The number of hydrogen-bond acceptors (Lipinski definition) is 1. The van der Waals surface area contributed by atoms with Gasteiger partial charge >= 0.3 is 0 Å². The average Bonchev–Trinajstić information content (AvgIpc) is 2.43. The Kier molecular flexibility index (Phi) is 1.38. The van der Waals surface area contributed by atoms with Crippen molar-refractivity contribution in [2.75, 3.05) is 0 Å². The highest BCUT2D eigenvalue weighted by Gasteiger charge is 1.97. The lowest BCUT2D eigenvalue weighted by Gasteiger charge is -1.88. The van der Waals surface area contributed by atoms with Crippen LogP contribution >= 0.6 is 0 Å². The van der Waals surface area contributed by atoms with Gasteiger partial charge in [-0.2, -0.15) is 5.10 Å². The smallest absolute Gasteiger partial charge is 0.0924 e. The van der Waals surface area contributed by atoms with Crippen molar-refractivity contribution in [1.29, 1.82) is 0 Å². The molecule has 0 fully saturated rings. The third-order valence-electron chi connectivity index (χ3n) is 1.79. The number of aryl methyl sites for hydroxylation is 1. The van der Waals surface area contributed by atoms with Crippen molar-refractivity contribution in [3.05, 3.63) is 30.0 Å². The van der Waals surface area contributed by atoms with Crippen molar-refractivity contribution >= 4 is 10.9 Å². The van der Waals surface area contributed by atoms with Crippen LogP contribution in [0.5, 0.6) is 0 Å². The molecule has 0 radical (unpaired) electrons. The summed E-state index contributed by atoms with van der Waals surface area (Å²) >= 11 is 0. The highest BCUT2D eigenvalue weighted by molar-refractivity contribution is 5.79. The Bertz CT molecular complexity index is 460. The van der Waals surface area contributed by atoms with E-state index in [0.29, 0.717) is 0 Å². The molecule has 0 spiro atoms. The minimum absolute atomic E-state index is 0.899. The van der Waals surface area contributed by atoms with Crippen molar-refractivity contribution in [3.8, 4) is 12.3 Å². The topological polar surface area (TPSA) is 17.8 Å². The minimum atomic E-state index is 0.899. The van der Waals surface area contributed by atoms with E-state index in [-0.39, 0.29) is 0 Å². The van der Waals surface area contributed by atoms with Crippen LogP contribution in [0, 0.1) is 12.3 Å². The van der Waals surface area contributed by atoms with Gasteiger partial charge in [-0.1, -0.05) is 5.92 Å². The Hall–Kier alpha value is -1.75. The van der Waals surface area contributed by atoms with Crippen molar-refractivity contribution < 1.29 is 0 Å². The first-order valence-corrected chi connectivity index (χ1v) is 3.69. The molecule has 12 heavy (non-hydrogen) atoms. The molecule has 0 aliphatic rings. The first kappa shape index (κ1) is 6.93. The molecule has 0 saturated heterocycles. The fraction of sp³-hybridized carbons (Fsp3) is 0.100. The highest BCUT2D eigenvalue weighted by atomic mass is 15.2. The van der Waals surface area contributed by atoms with E-state index in [1.54, 1.807) is 4.68 Å². The van der Waals surface area contributed by atoms with Crippen LogP contribution in [-0.2, 0) is 7.05 Å². The normalized spacial score (nSPS) is 10.0. The van der Waals surface area contributed by atoms with E-state index in [4.69, 9.17) is 6.42 Å². The standard InChI is InChI=1S/C10H8N2/c1-3-8-4-5-10-9(6-8)7-12(2)11-10/h1,4-7H,2H3. The number of aromatic nitrogens is 2. The van der Waals surface area contributed by atoms with Gasteiger partial charge in [0, 0.05) is 24.2 Å². The second-order valence-corrected chi connectivity index (χ2v) is 2.72. The summed E-state index contributed by atoms with van der Waals surface area (Å²) in [5.74, 6) is 2.59. The summed E-state index contributed by atoms with van der Waals surface area (Å²) in [6.45, 7) is 0. The van der Waals surface area contributed by atoms with Gasteiger partial charge in [-0.3, -0.25) is 4.68 Å². The van der Waals surface area contributed by atoms with Gasteiger partial charge in [-0.05, 0) is 18.2 Å². The third-order valence-corrected chi connectivity index (χ3v) is 1.79. The quantitative estimate of drug-likeness (QED) is 0.529. The Morgan fingerprint density at radius 1 is 1.50 bits per heavy atom. The zero-order valence-corrected chi connectivity index (χ0v) is 6.78. The van der Waals surface area contributed by atoms with E-state index in [1.165, 1.54) is 0 Å². The molecule has 1 aromatic carbocycles. The second-order valence-electron chi connectivity index (χ2n) is 2.72. The average molecular weight is 156 g/mol. The molecule has 0 aliphatic heterocycles. The van der Waals surface area contributed by atoms with E-state index in [9.17, 15) is 0 Å². The van der Waals surface area contributed by atoms with Crippen molar-refractivity contribution in [2.45, 2.75) is 0 Å². The molecular weight excluding hydrogens is 148 g/mol. The van der Waals surface area contributed by atoms with Crippen LogP contribution in [0.3, 0.4) is 0 Å². The van der Waals surface area contributed by atoms with E-state index < -0.39 is 0 Å². The Labute approximate surface area is 70.8 Å². The molecule has 2 rings (SSSR count). The summed E-state index contributed by atoms with van der Waals surface area (Å²) in [7, 11) is 1.90. The molecule has 1 aromatic heterocycles. The van der Waals surface area contributed by atoms with Gasteiger partial charge < -0.3 is 0 Å². The van der Waals surface area contributed by atoms with Gasteiger partial charge in [0.05, 0.1) is 5.52 Å². The molecule has 0 amide bonds. The third kappa shape index (κ3) is 0.960. The zero-order valence-electron chi connectivity index (χ0n) is 6.78. The molecule has 0 atom stereocenters. The molecule has 2 nitrogen and oxygen atoms in total. The molecule has 0 bridgehead atoms. The number of nitrogens with zero attached hydrogens (tertiary/aromatic N) is 2. The largest absolute Gasteiger partial charge is 0.275 e. The maximum atomic E-state index is 5.27. The van der Waals surface area contributed by atoms with Crippen LogP contribution in [0.15, 0.2) is 24.4 Å². The van der Waals surface area contributed by atoms with E-state index in [0.717, 1.165) is 16.5 Å². The second kappa shape index (κ2) is 2.38. The lowest BCUT2D eigenvalue weighted by atomic mass is 10.2. The molecule has 2 heteroatoms. The SMILES string of the molecule is C#Cc1ccc2nn(C)cc2c1. The summed E-state index contributed by atoms with van der Waals surface area (Å²) < 4.78 is 1.78. The summed E-state index contributed by atoms with van der Waals surface area (Å²) in [6, 6.07) is 5.79. The monoisotopic (exact) mass is 156 g/mol. The zero-order chi connectivity index (χ0) is 8.55. The van der Waals surface area contributed by atoms with Crippen LogP contribution in [-0.4, -0.2) is 9.78 Å². The molecule has 0 aliphatic carbocycles. The number of rotatable bonds is 0. The van der Waals surface area contributed by atoms with Gasteiger partial charge in [0.1, 0.15) is 0 Å². The van der Waals surface area contributed by atoms with Gasteiger partial charge in [-0.15, -0.1) is 6.42 Å². The molecule has 0 N–H and O–H groups in total. The summed E-state index contributed by atoms with van der Waals surface area (Å²) in [6.07, 6.45) is 7.22. The van der Waals surface area contributed by atoms with Crippen molar-refractivity contribution in [3.63, 3.8) is 0 Å². The first-order chi connectivity index (χ1) is 5.79. The molecule has 0 unspecified atom stereocenters. The fourth-order valence-electron chi connectivity index (χ4n) is 1.24.